The van der Waals surface area contributed by atoms with Gasteiger partial charge in [-0.05, 0) is 44.8 Å². The number of alkyl halides is 3. The number of hydrogen-bond acceptors (Lipinski definition) is 7. The molecule has 2 heterocycles. The summed E-state index contributed by atoms with van der Waals surface area (Å²) >= 11 is 1.21. The van der Waals surface area contributed by atoms with Gasteiger partial charge in [0, 0.05) is 24.7 Å². The average Bonchev–Trinajstić information content (AvgIpc) is 3.21. The van der Waals surface area contributed by atoms with Gasteiger partial charge in [0.15, 0.2) is 4.80 Å². The van der Waals surface area contributed by atoms with E-state index >= 15 is 0 Å². The number of aryl methyl sites for hydroxylation is 1. The first kappa shape index (κ1) is 30.1. The van der Waals surface area contributed by atoms with E-state index in [1.54, 1.807) is 48.9 Å². The van der Waals surface area contributed by atoms with Crippen molar-refractivity contribution >= 4 is 33.6 Å². The minimum Gasteiger partial charge on any atom is -0.493 e. The third kappa shape index (κ3) is 7.79. The lowest BCUT2D eigenvalue weighted by atomic mass is 10.0. The summed E-state index contributed by atoms with van der Waals surface area (Å²) in [6.07, 6.45) is -1.26. The first-order valence-corrected chi connectivity index (χ1v) is 13.1. The maximum atomic E-state index is 13.8. The fourth-order valence-electron chi connectivity index (χ4n) is 4.04. The van der Waals surface area contributed by atoms with Gasteiger partial charge in [-0.3, -0.25) is 9.78 Å². The van der Waals surface area contributed by atoms with Crippen LogP contribution in [0.5, 0.6) is 5.75 Å². The summed E-state index contributed by atoms with van der Waals surface area (Å²) in [5.41, 5.74) is -0.976. The van der Waals surface area contributed by atoms with Crippen LogP contribution in [0.1, 0.15) is 42.6 Å². The summed E-state index contributed by atoms with van der Waals surface area (Å²) in [5.74, 6) is -1.23. The number of fused-ring (bicyclic) bond motifs is 1. The zero-order valence-corrected chi connectivity index (χ0v) is 22.9. The molecule has 1 aromatic carbocycles. The molecule has 9 nitrogen and oxygen atoms in total. The van der Waals surface area contributed by atoms with E-state index < -0.39 is 29.4 Å². The van der Waals surface area contributed by atoms with Crippen LogP contribution in [0.25, 0.3) is 10.2 Å². The standard InChI is InChI=1S/C26H31F3N4O5S/c1-5-6-11-33-20-13-30-10-9-22(20)39-24(33)31-23(34)18-12-17(7-8-19(18)26(27,28)29)37-14-16(2)21(32(3)4)15-38-25(35)36/h7-10,12-13,16,21H,5-6,11,14-15H2,1-4H3,(H,35,36)/t16?,21-/m1/s1. The maximum Gasteiger partial charge on any atom is 0.505 e. The normalized spacial score (nSPS) is 14.0. The summed E-state index contributed by atoms with van der Waals surface area (Å²) in [6.45, 7) is 4.29. The summed E-state index contributed by atoms with van der Waals surface area (Å²) in [4.78, 5) is 34.3. The summed E-state index contributed by atoms with van der Waals surface area (Å²) in [5, 5.41) is 8.81. The van der Waals surface area contributed by atoms with Crippen molar-refractivity contribution in [2.75, 3.05) is 27.3 Å². The van der Waals surface area contributed by atoms with E-state index in [4.69, 9.17) is 9.84 Å². The minimum absolute atomic E-state index is 0.0439. The zero-order valence-electron chi connectivity index (χ0n) is 22.1. The van der Waals surface area contributed by atoms with Crippen molar-refractivity contribution in [3.05, 3.63) is 52.6 Å². The van der Waals surface area contributed by atoms with E-state index in [0.717, 1.165) is 41.3 Å². The Bertz CT molecular complexity index is 1370. The van der Waals surface area contributed by atoms with Crippen LogP contribution in [0.15, 0.2) is 41.7 Å². The van der Waals surface area contributed by atoms with Crippen LogP contribution in [0.4, 0.5) is 18.0 Å². The summed E-state index contributed by atoms with van der Waals surface area (Å²) < 4.78 is 54.6. The maximum absolute atomic E-state index is 13.8. The lowest BCUT2D eigenvalue weighted by Gasteiger charge is -2.29. The van der Waals surface area contributed by atoms with Crippen molar-refractivity contribution in [1.29, 1.82) is 0 Å². The average molecular weight is 569 g/mol. The number of halogens is 3. The molecule has 3 aromatic rings. The lowest BCUT2D eigenvalue weighted by molar-refractivity contribution is -0.137. The molecule has 39 heavy (non-hydrogen) atoms. The Morgan fingerprint density at radius 3 is 2.62 bits per heavy atom. The number of carboxylic acid groups (broad SMARTS) is 1. The van der Waals surface area contributed by atoms with E-state index in [1.807, 2.05) is 6.92 Å². The first-order valence-electron chi connectivity index (χ1n) is 12.3. The van der Waals surface area contributed by atoms with Gasteiger partial charge in [0.25, 0.3) is 5.91 Å². The van der Waals surface area contributed by atoms with Crippen molar-refractivity contribution in [2.45, 2.75) is 45.5 Å². The van der Waals surface area contributed by atoms with Gasteiger partial charge in [0.05, 0.1) is 34.1 Å². The molecule has 0 saturated heterocycles. The SMILES string of the molecule is CCCCn1c(=NC(=O)c2cc(OCC(C)[C@@H](COC(=O)O)N(C)C)ccc2C(F)(F)F)sc2ccncc21. The summed E-state index contributed by atoms with van der Waals surface area (Å²) in [6, 6.07) is 4.43. The quantitative estimate of drug-likeness (QED) is 0.313. The number of pyridine rings is 1. The van der Waals surface area contributed by atoms with E-state index in [9.17, 15) is 22.8 Å². The highest BCUT2D eigenvalue weighted by Crippen LogP contribution is 2.34. The van der Waals surface area contributed by atoms with Crippen LogP contribution in [0.2, 0.25) is 0 Å². The third-order valence-electron chi connectivity index (χ3n) is 6.15. The van der Waals surface area contributed by atoms with E-state index in [1.165, 1.54) is 11.3 Å². The fourth-order valence-corrected chi connectivity index (χ4v) is 5.06. The van der Waals surface area contributed by atoms with Crippen molar-refractivity contribution in [1.82, 2.24) is 14.5 Å². The highest BCUT2D eigenvalue weighted by molar-refractivity contribution is 7.16. The van der Waals surface area contributed by atoms with Crippen LogP contribution in [0.3, 0.4) is 0 Å². The Labute approximate surface area is 227 Å². The first-order chi connectivity index (χ1) is 18.4. The molecule has 0 aliphatic heterocycles. The Kier molecular flexibility index (Phi) is 10.1. The molecule has 1 amide bonds. The van der Waals surface area contributed by atoms with Gasteiger partial charge >= 0.3 is 12.3 Å². The highest BCUT2D eigenvalue weighted by Gasteiger charge is 2.35. The Morgan fingerprint density at radius 2 is 1.97 bits per heavy atom. The number of thiazole rings is 1. The molecule has 0 saturated carbocycles. The second-order valence-corrected chi connectivity index (χ2v) is 10.3. The molecular formula is C26H31F3N4O5S. The number of hydrogen-bond donors (Lipinski definition) is 1. The van der Waals surface area contributed by atoms with Gasteiger partial charge in [-0.25, -0.2) is 4.79 Å². The number of carbonyl (C=O) groups is 2. The second-order valence-electron chi connectivity index (χ2n) is 9.25. The Morgan fingerprint density at radius 1 is 1.23 bits per heavy atom. The number of carbonyl (C=O) groups excluding carboxylic acids is 1. The molecular weight excluding hydrogens is 537 g/mol. The molecule has 1 N–H and O–H groups in total. The number of aromatic nitrogens is 2. The topological polar surface area (TPSA) is 106 Å². The van der Waals surface area contributed by atoms with Crippen molar-refractivity contribution in [3.8, 4) is 5.75 Å². The second kappa shape index (κ2) is 13.1. The number of unbranched alkanes of at least 4 members (excludes halogenated alkanes) is 1. The third-order valence-corrected chi connectivity index (χ3v) is 7.21. The largest absolute Gasteiger partial charge is 0.505 e. The van der Waals surface area contributed by atoms with E-state index in [0.29, 0.717) is 6.54 Å². The van der Waals surface area contributed by atoms with Gasteiger partial charge in [-0.1, -0.05) is 31.6 Å². The predicted octanol–water partition coefficient (Wildman–Crippen LogP) is 5.30. The number of amides is 1. The fraction of sp³-hybridized carbons (Fsp3) is 0.462. The molecule has 212 valence electrons. The van der Waals surface area contributed by atoms with Crippen molar-refractivity contribution < 1.29 is 37.3 Å². The number of rotatable bonds is 11. The monoisotopic (exact) mass is 568 g/mol. The highest BCUT2D eigenvalue weighted by atomic mass is 32.1. The molecule has 0 bridgehead atoms. The molecule has 2 aromatic heterocycles. The molecule has 2 atom stereocenters. The molecule has 13 heteroatoms. The van der Waals surface area contributed by atoms with Gasteiger partial charge in [0.2, 0.25) is 0 Å². The minimum atomic E-state index is -4.78. The Hall–Kier alpha value is -3.45. The molecule has 0 radical (unpaired) electrons. The van der Waals surface area contributed by atoms with Gasteiger partial charge in [-0.15, -0.1) is 0 Å². The van der Waals surface area contributed by atoms with Crippen LogP contribution in [-0.4, -0.2) is 65.0 Å². The van der Waals surface area contributed by atoms with Crippen molar-refractivity contribution in [3.63, 3.8) is 0 Å². The van der Waals surface area contributed by atoms with Crippen LogP contribution in [0, 0.1) is 5.92 Å². The van der Waals surface area contributed by atoms with Crippen LogP contribution in [-0.2, 0) is 17.5 Å². The van der Waals surface area contributed by atoms with Gasteiger partial charge in [-0.2, -0.15) is 18.2 Å². The smallest absolute Gasteiger partial charge is 0.493 e. The number of nitrogens with zero attached hydrogens (tertiary/aromatic N) is 4. The molecule has 3 rings (SSSR count). The lowest BCUT2D eigenvalue weighted by Crippen LogP contribution is -2.40. The molecule has 0 aliphatic rings. The molecule has 0 spiro atoms. The molecule has 1 unspecified atom stereocenters. The van der Waals surface area contributed by atoms with Crippen molar-refractivity contribution in [2.24, 2.45) is 10.9 Å². The van der Waals surface area contributed by atoms with Crippen LogP contribution >= 0.6 is 11.3 Å². The predicted molar refractivity (Wildman–Crippen MR) is 140 cm³/mol. The zero-order chi connectivity index (χ0) is 28.7. The summed E-state index contributed by atoms with van der Waals surface area (Å²) in [7, 11) is 3.50. The van der Waals surface area contributed by atoms with Gasteiger partial charge in [0.1, 0.15) is 12.4 Å². The molecule has 0 aliphatic carbocycles. The van der Waals surface area contributed by atoms with Gasteiger partial charge < -0.3 is 24.0 Å². The van der Waals surface area contributed by atoms with E-state index in [-0.39, 0.29) is 35.7 Å². The number of likely N-dealkylation sites (N-methyl/N-ethyl adjacent to an activating group) is 1. The molecule has 0 fully saturated rings. The Balaban J connectivity index is 1.94. The number of ether oxygens (including phenoxy) is 2. The van der Waals surface area contributed by atoms with E-state index in [2.05, 4.69) is 14.7 Å². The van der Waals surface area contributed by atoms with Crippen LogP contribution < -0.4 is 9.54 Å². The number of benzene rings is 1.